The van der Waals surface area contributed by atoms with Crippen molar-refractivity contribution in [2.75, 3.05) is 17.6 Å². The summed E-state index contributed by atoms with van der Waals surface area (Å²) < 4.78 is 0. The molecule has 1 heterocycles. The Kier molecular flexibility index (Phi) is 3.86. The molecule has 1 aromatic heterocycles. The third-order valence-electron chi connectivity index (χ3n) is 2.52. The van der Waals surface area contributed by atoms with Crippen molar-refractivity contribution in [2.45, 2.75) is 12.8 Å². The van der Waals surface area contributed by atoms with Gasteiger partial charge in [-0.2, -0.15) is 0 Å². The van der Waals surface area contributed by atoms with Crippen LogP contribution < -0.4 is 11.1 Å². The Morgan fingerprint density at radius 3 is 3.06 bits per heavy atom. The van der Waals surface area contributed by atoms with Crippen molar-refractivity contribution in [1.29, 1.82) is 0 Å². The van der Waals surface area contributed by atoms with Gasteiger partial charge in [-0.25, -0.2) is 4.98 Å². The number of thiazole rings is 1. The minimum Gasteiger partial charge on any atom is -0.396 e. The summed E-state index contributed by atoms with van der Waals surface area (Å²) in [5.74, 6) is 0.355. The molecule has 3 N–H and O–H groups in total. The zero-order valence-corrected chi connectivity index (χ0v) is 11.1. The minimum atomic E-state index is 0.355. The first kappa shape index (κ1) is 12.2. The number of hydrogen-bond acceptors (Lipinski definition) is 4. The lowest BCUT2D eigenvalue weighted by molar-refractivity contribution is 0.795. The molecule has 0 bridgehead atoms. The normalized spacial score (nSPS) is 12.4. The molecule has 0 aliphatic rings. The van der Waals surface area contributed by atoms with E-state index >= 15 is 0 Å². The van der Waals surface area contributed by atoms with Gasteiger partial charge in [0.2, 0.25) is 0 Å². The highest BCUT2D eigenvalue weighted by Gasteiger charge is 2.09. The highest BCUT2D eigenvalue weighted by atomic mass is 35.5. The van der Waals surface area contributed by atoms with Crippen molar-refractivity contribution < 1.29 is 0 Å². The zero-order valence-electron chi connectivity index (χ0n) is 9.48. The molecule has 2 aromatic rings. The Bertz CT molecular complexity index is 485. The molecule has 3 nitrogen and oxygen atoms in total. The maximum absolute atomic E-state index is 5.95. The van der Waals surface area contributed by atoms with Gasteiger partial charge in [-0.1, -0.05) is 24.6 Å². The quantitative estimate of drug-likeness (QED) is 0.833. The van der Waals surface area contributed by atoms with E-state index in [1.807, 2.05) is 23.7 Å². The molecule has 0 spiro atoms. The van der Waals surface area contributed by atoms with Crippen LogP contribution in [0.25, 0.3) is 0 Å². The molecule has 17 heavy (non-hydrogen) atoms. The first-order valence-electron chi connectivity index (χ1n) is 5.35. The third-order valence-corrected chi connectivity index (χ3v) is 3.86. The number of aromatic nitrogens is 1. The lowest BCUT2D eigenvalue weighted by Crippen LogP contribution is -2.10. The number of nitrogens with zero attached hydrogens (tertiary/aromatic N) is 1. The second-order valence-electron chi connectivity index (χ2n) is 3.85. The van der Waals surface area contributed by atoms with Gasteiger partial charge in [0.1, 0.15) is 0 Å². The number of nitrogen functional groups attached to an aromatic ring is 1. The van der Waals surface area contributed by atoms with E-state index in [1.165, 1.54) is 0 Å². The molecular formula is C12H14ClN3S. The van der Waals surface area contributed by atoms with Gasteiger partial charge in [-0.3, -0.25) is 0 Å². The molecule has 0 saturated heterocycles. The van der Waals surface area contributed by atoms with Crippen molar-refractivity contribution in [3.8, 4) is 0 Å². The average molecular weight is 268 g/mol. The van der Waals surface area contributed by atoms with Gasteiger partial charge in [-0.05, 0) is 12.1 Å². The summed E-state index contributed by atoms with van der Waals surface area (Å²) in [6.07, 6.45) is 1.82. The van der Waals surface area contributed by atoms with Gasteiger partial charge >= 0.3 is 0 Å². The lowest BCUT2D eigenvalue weighted by Gasteiger charge is -2.13. The van der Waals surface area contributed by atoms with Gasteiger partial charge in [0.15, 0.2) is 0 Å². The van der Waals surface area contributed by atoms with E-state index in [0.29, 0.717) is 16.6 Å². The van der Waals surface area contributed by atoms with Gasteiger partial charge in [0, 0.05) is 24.0 Å². The monoisotopic (exact) mass is 267 g/mol. The maximum Gasteiger partial charge on any atom is 0.0970 e. The van der Waals surface area contributed by atoms with Crippen LogP contribution in [0.5, 0.6) is 0 Å². The maximum atomic E-state index is 5.95. The Labute approximate surface area is 110 Å². The molecule has 1 atom stereocenters. The minimum absolute atomic E-state index is 0.355. The number of benzene rings is 1. The van der Waals surface area contributed by atoms with E-state index in [1.54, 1.807) is 17.4 Å². The molecule has 0 aliphatic carbocycles. The Hall–Kier alpha value is -1.26. The summed E-state index contributed by atoms with van der Waals surface area (Å²) in [5, 5.41) is 6.99. The molecule has 0 fully saturated rings. The molecule has 0 aliphatic heterocycles. The predicted octanol–water partition coefficient (Wildman–Crippen LogP) is 3.59. The lowest BCUT2D eigenvalue weighted by atomic mass is 10.2. The third kappa shape index (κ3) is 2.90. The summed E-state index contributed by atoms with van der Waals surface area (Å²) in [4.78, 5) is 4.29. The number of rotatable bonds is 4. The molecule has 1 unspecified atom stereocenters. The van der Waals surface area contributed by atoms with Crippen molar-refractivity contribution in [3.63, 3.8) is 0 Å². The molecule has 0 amide bonds. The number of para-hydroxylation sites is 1. The second kappa shape index (κ2) is 5.38. The summed E-state index contributed by atoms with van der Waals surface area (Å²) in [6.45, 7) is 2.92. The second-order valence-corrected chi connectivity index (χ2v) is 5.19. The number of nitrogens with two attached hydrogens (primary N) is 1. The number of nitrogens with one attached hydrogen (secondary N) is 1. The first-order valence-corrected chi connectivity index (χ1v) is 6.61. The van der Waals surface area contributed by atoms with Crippen LogP contribution in [0.3, 0.4) is 0 Å². The van der Waals surface area contributed by atoms with Crippen LogP contribution in [0.15, 0.2) is 29.8 Å². The molecular weight excluding hydrogens is 254 g/mol. The standard InChI is InChI=1S/C12H14ClN3S/c1-8(12-15-5-6-17-12)7-16-10-4-2-3-9(13)11(10)14/h2-6,8,16H,7,14H2,1H3. The summed E-state index contributed by atoms with van der Waals surface area (Å²) in [7, 11) is 0. The Morgan fingerprint density at radius 2 is 2.35 bits per heavy atom. The number of anilines is 2. The fourth-order valence-electron chi connectivity index (χ4n) is 1.52. The SMILES string of the molecule is CC(CNc1cccc(Cl)c1N)c1nccs1. The highest BCUT2D eigenvalue weighted by Crippen LogP contribution is 2.27. The van der Waals surface area contributed by atoms with Crippen LogP contribution in [0.1, 0.15) is 17.8 Å². The molecule has 2 rings (SSSR count). The van der Waals surface area contributed by atoms with Crippen LogP contribution in [0.4, 0.5) is 11.4 Å². The van der Waals surface area contributed by atoms with Crippen LogP contribution in [0.2, 0.25) is 5.02 Å². The van der Waals surface area contributed by atoms with E-state index in [2.05, 4.69) is 17.2 Å². The van der Waals surface area contributed by atoms with Crippen LogP contribution in [0, 0.1) is 0 Å². The van der Waals surface area contributed by atoms with Crippen molar-refractivity contribution in [3.05, 3.63) is 39.8 Å². The topological polar surface area (TPSA) is 50.9 Å². The predicted molar refractivity (Wildman–Crippen MR) is 74.9 cm³/mol. The smallest absolute Gasteiger partial charge is 0.0970 e. The fraction of sp³-hybridized carbons (Fsp3) is 0.250. The Morgan fingerprint density at radius 1 is 1.53 bits per heavy atom. The largest absolute Gasteiger partial charge is 0.396 e. The van der Waals surface area contributed by atoms with E-state index in [0.717, 1.165) is 17.2 Å². The van der Waals surface area contributed by atoms with E-state index in [4.69, 9.17) is 17.3 Å². The van der Waals surface area contributed by atoms with E-state index in [9.17, 15) is 0 Å². The number of halogens is 1. The Balaban J connectivity index is 2.00. The van der Waals surface area contributed by atoms with Gasteiger partial charge in [0.25, 0.3) is 0 Å². The van der Waals surface area contributed by atoms with Crippen molar-refractivity contribution in [2.24, 2.45) is 0 Å². The molecule has 1 aromatic carbocycles. The van der Waals surface area contributed by atoms with Gasteiger partial charge < -0.3 is 11.1 Å². The van der Waals surface area contributed by atoms with Crippen molar-refractivity contribution >= 4 is 34.3 Å². The molecule has 5 heteroatoms. The fourth-order valence-corrected chi connectivity index (χ4v) is 2.39. The average Bonchev–Trinajstić information content (AvgIpc) is 2.84. The summed E-state index contributed by atoms with van der Waals surface area (Å²) >= 11 is 7.62. The summed E-state index contributed by atoms with van der Waals surface area (Å²) in [6, 6.07) is 5.59. The molecule has 0 saturated carbocycles. The van der Waals surface area contributed by atoms with Crippen LogP contribution in [-0.2, 0) is 0 Å². The zero-order chi connectivity index (χ0) is 12.3. The van der Waals surface area contributed by atoms with Crippen molar-refractivity contribution in [1.82, 2.24) is 4.98 Å². The van der Waals surface area contributed by atoms with E-state index < -0.39 is 0 Å². The van der Waals surface area contributed by atoms with Crippen LogP contribution >= 0.6 is 22.9 Å². The van der Waals surface area contributed by atoms with E-state index in [-0.39, 0.29) is 0 Å². The summed E-state index contributed by atoms with van der Waals surface area (Å²) in [5.41, 5.74) is 7.35. The number of hydrogen-bond donors (Lipinski definition) is 2. The van der Waals surface area contributed by atoms with Gasteiger partial charge in [-0.15, -0.1) is 11.3 Å². The molecule has 0 radical (unpaired) electrons. The van der Waals surface area contributed by atoms with Gasteiger partial charge in [0.05, 0.1) is 21.4 Å². The highest BCUT2D eigenvalue weighted by molar-refractivity contribution is 7.09. The molecule has 90 valence electrons. The van der Waals surface area contributed by atoms with Crippen LogP contribution in [-0.4, -0.2) is 11.5 Å². The first-order chi connectivity index (χ1) is 8.18.